The van der Waals surface area contributed by atoms with Crippen LogP contribution in [0.3, 0.4) is 0 Å². The summed E-state index contributed by atoms with van der Waals surface area (Å²) in [5.74, 6) is -1.36. The topological polar surface area (TPSA) is 49.6 Å². The highest BCUT2D eigenvalue weighted by Crippen LogP contribution is 2.19. The lowest BCUT2D eigenvalue weighted by molar-refractivity contribution is 0.585. The molecule has 1 aromatic carbocycles. The van der Waals surface area contributed by atoms with E-state index in [0.29, 0.717) is 0 Å². The molecule has 0 atom stereocenters. The van der Waals surface area contributed by atoms with Crippen molar-refractivity contribution in [1.29, 1.82) is 5.26 Å². The molecular weight excluding hydrogens is 212 g/mol. The zero-order valence-electron chi connectivity index (χ0n) is 7.98. The molecule has 0 amide bonds. The standard InChI is InChI=1S/C11H5F2N3/c12-7-1-2-9(10(13)5-7)11-15-4-3-8(6-14)16-11/h1-5H. The second-order valence-electron chi connectivity index (χ2n) is 3.00. The molecule has 0 unspecified atom stereocenters. The predicted octanol–water partition coefficient (Wildman–Crippen LogP) is 2.29. The smallest absolute Gasteiger partial charge is 0.163 e. The van der Waals surface area contributed by atoms with Gasteiger partial charge < -0.3 is 0 Å². The van der Waals surface area contributed by atoms with Gasteiger partial charge in [-0.05, 0) is 18.2 Å². The highest BCUT2D eigenvalue weighted by Gasteiger charge is 2.09. The maximum atomic E-state index is 13.4. The van der Waals surface area contributed by atoms with Crippen LogP contribution in [-0.2, 0) is 0 Å². The fraction of sp³-hybridized carbons (Fsp3) is 0. The van der Waals surface area contributed by atoms with Crippen molar-refractivity contribution in [2.75, 3.05) is 0 Å². The van der Waals surface area contributed by atoms with E-state index in [9.17, 15) is 8.78 Å². The Bertz CT molecular complexity index is 576. The molecule has 0 saturated heterocycles. The van der Waals surface area contributed by atoms with Gasteiger partial charge in [0.05, 0.1) is 5.56 Å². The first-order valence-electron chi connectivity index (χ1n) is 4.39. The minimum Gasteiger partial charge on any atom is -0.236 e. The second kappa shape index (κ2) is 4.03. The molecule has 0 spiro atoms. The SMILES string of the molecule is N#Cc1ccnc(-c2ccc(F)cc2F)n1. The number of rotatable bonds is 1. The molecule has 3 nitrogen and oxygen atoms in total. The number of nitriles is 1. The minimum atomic E-state index is -0.755. The van der Waals surface area contributed by atoms with Crippen LogP contribution in [-0.4, -0.2) is 9.97 Å². The molecule has 0 aliphatic carbocycles. The van der Waals surface area contributed by atoms with Gasteiger partial charge in [0.1, 0.15) is 23.4 Å². The average Bonchev–Trinajstić information content (AvgIpc) is 2.29. The van der Waals surface area contributed by atoms with Gasteiger partial charge in [0, 0.05) is 12.3 Å². The lowest BCUT2D eigenvalue weighted by Crippen LogP contribution is -1.94. The van der Waals surface area contributed by atoms with Crippen molar-refractivity contribution in [1.82, 2.24) is 9.97 Å². The monoisotopic (exact) mass is 217 g/mol. The Labute approximate surface area is 90.0 Å². The highest BCUT2D eigenvalue weighted by atomic mass is 19.1. The van der Waals surface area contributed by atoms with Gasteiger partial charge in [0.2, 0.25) is 0 Å². The van der Waals surface area contributed by atoms with Crippen molar-refractivity contribution >= 4 is 0 Å². The summed E-state index contributed by atoms with van der Waals surface area (Å²) in [4.78, 5) is 7.64. The van der Waals surface area contributed by atoms with Crippen LogP contribution in [0.4, 0.5) is 8.78 Å². The lowest BCUT2D eigenvalue weighted by atomic mass is 10.2. The minimum absolute atomic E-state index is 0.0663. The summed E-state index contributed by atoms with van der Waals surface area (Å²) in [6, 6.07) is 6.32. The van der Waals surface area contributed by atoms with E-state index in [4.69, 9.17) is 5.26 Å². The number of nitrogens with zero attached hydrogens (tertiary/aromatic N) is 3. The summed E-state index contributed by atoms with van der Waals surface area (Å²) >= 11 is 0. The number of aromatic nitrogens is 2. The van der Waals surface area contributed by atoms with Crippen LogP contribution in [0.2, 0.25) is 0 Å². The summed E-state index contributed by atoms with van der Waals surface area (Å²) in [6.07, 6.45) is 1.35. The zero-order valence-corrected chi connectivity index (χ0v) is 7.98. The largest absolute Gasteiger partial charge is 0.236 e. The normalized spacial score (nSPS) is 9.81. The Morgan fingerprint density at radius 1 is 1.19 bits per heavy atom. The van der Waals surface area contributed by atoms with E-state index in [1.165, 1.54) is 18.3 Å². The summed E-state index contributed by atoms with van der Waals surface area (Å²) in [5, 5.41) is 8.63. The summed E-state index contributed by atoms with van der Waals surface area (Å²) < 4.78 is 26.0. The molecule has 0 bridgehead atoms. The fourth-order valence-corrected chi connectivity index (χ4v) is 1.22. The molecule has 5 heteroatoms. The van der Waals surface area contributed by atoms with E-state index in [1.807, 2.05) is 6.07 Å². The molecule has 1 aromatic heterocycles. The first-order chi connectivity index (χ1) is 7.70. The number of halogens is 2. The maximum Gasteiger partial charge on any atom is 0.163 e. The van der Waals surface area contributed by atoms with Crippen molar-refractivity contribution in [2.24, 2.45) is 0 Å². The van der Waals surface area contributed by atoms with E-state index in [-0.39, 0.29) is 17.1 Å². The van der Waals surface area contributed by atoms with Crippen molar-refractivity contribution in [3.05, 3.63) is 47.8 Å². The Balaban J connectivity index is 2.55. The van der Waals surface area contributed by atoms with Crippen molar-refractivity contribution in [2.45, 2.75) is 0 Å². The van der Waals surface area contributed by atoms with E-state index in [0.717, 1.165) is 12.1 Å². The van der Waals surface area contributed by atoms with Crippen LogP contribution >= 0.6 is 0 Å². The van der Waals surface area contributed by atoms with Gasteiger partial charge in [0.25, 0.3) is 0 Å². The third-order valence-electron chi connectivity index (χ3n) is 1.94. The van der Waals surface area contributed by atoms with Gasteiger partial charge in [-0.2, -0.15) is 5.26 Å². The fourth-order valence-electron chi connectivity index (χ4n) is 1.22. The molecule has 0 aliphatic rings. The third kappa shape index (κ3) is 1.86. The average molecular weight is 217 g/mol. The summed E-state index contributed by atoms with van der Waals surface area (Å²) in [5.41, 5.74) is 0.201. The second-order valence-corrected chi connectivity index (χ2v) is 3.00. The predicted molar refractivity (Wildman–Crippen MR) is 52.1 cm³/mol. The number of benzene rings is 1. The van der Waals surface area contributed by atoms with Gasteiger partial charge in [-0.1, -0.05) is 0 Å². The van der Waals surface area contributed by atoms with Crippen molar-refractivity contribution < 1.29 is 8.78 Å². The molecule has 2 aromatic rings. The maximum absolute atomic E-state index is 13.4. The molecule has 2 rings (SSSR count). The van der Waals surface area contributed by atoms with Gasteiger partial charge in [-0.15, -0.1) is 0 Å². The Hall–Kier alpha value is -2.35. The van der Waals surface area contributed by atoms with E-state index >= 15 is 0 Å². The van der Waals surface area contributed by atoms with Crippen LogP contribution in [0.5, 0.6) is 0 Å². The molecule has 1 heterocycles. The molecule has 0 fully saturated rings. The Kier molecular flexibility index (Phi) is 2.56. The molecule has 0 aliphatic heterocycles. The Morgan fingerprint density at radius 2 is 2.00 bits per heavy atom. The number of hydrogen-bond donors (Lipinski definition) is 0. The molecule has 0 saturated carbocycles. The highest BCUT2D eigenvalue weighted by molar-refractivity contribution is 5.56. The van der Waals surface area contributed by atoms with E-state index in [1.54, 1.807) is 0 Å². The summed E-state index contributed by atoms with van der Waals surface area (Å²) in [7, 11) is 0. The van der Waals surface area contributed by atoms with Crippen LogP contribution in [0.15, 0.2) is 30.5 Å². The summed E-state index contributed by atoms with van der Waals surface area (Å²) in [6.45, 7) is 0. The van der Waals surface area contributed by atoms with Gasteiger partial charge in [-0.3, -0.25) is 0 Å². The third-order valence-corrected chi connectivity index (χ3v) is 1.94. The van der Waals surface area contributed by atoms with E-state index < -0.39 is 11.6 Å². The van der Waals surface area contributed by atoms with Crippen molar-refractivity contribution in [3.63, 3.8) is 0 Å². The molecule has 16 heavy (non-hydrogen) atoms. The van der Waals surface area contributed by atoms with Gasteiger partial charge in [0.15, 0.2) is 5.82 Å². The lowest BCUT2D eigenvalue weighted by Gasteiger charge is -2.01. The molecule has 0 radical (unpaired) electrons. The van der Waals surface area contributed by atoms with Crippen LogP contribution in [0.25, 0.3) is 11.4 Å². The Morgan fingerprint density at radius 3 is 2.69 bits per heavy atom. The van der Waals surface area contributed by atoms with Crippen molar-refractivity contribution in [3.8, 4) is 17.5 Å². The first-order valence-corrected chi connectivity index (χ1v) is 4.39. The quantitative estimate of drug-likeness (QED) is 0.736. The van der Waals surface area contributed by atoms with Crippen LogP contribution < -0.4 is 0 Å². The molecule has 0 N–H and O–H groups in total. The van der Waals surface area contributed by atoms with Crippen LogP contribution in [0.1, 0.15) is 5.69 Å². The molecular formula is C11H5F2N3. The first kappa shape index (κ1) is 10.2. The van der Waals surface area contributed by atoms with Gasteiger partial charge in [-0.25, -0.2) is 18.7 Å². The van der Waals surface area contributed by atoms with E-state index in [2.05, 4.69) is 9.97 Å². The molecule has 78 valence electrons. The van der Waals surface area contributed by atoms with Gasteiger partial charge >= 0.3 is 0 Å². The van der Waals surface area contributed by atoms with Crippen LogP contribution in [0, 0.1) is 23.0 Å². The number of hydrogen-bond acceptors (Lipinski definition) is 3. The zero-order chi connectivity index (χ0) is 11.5.